The summed E-state index contributed by atoms with van der Waals surface area (Å²) in [5.41, 5.74) is 0. The quantitative estimate of drug-likeness (QED) is 0.548. The lowest BCUT2D eigenvalue weighted by Crippen LogP contribution is -1.80. The Balaban J connectivity index is 2.69. The molecule has 1 heterocycles. The molecular weight excluding hydrogens is 141 g/mol. The van der Waals surface area contributed by atoms with Crippen LogP contribution < -0.4 is 0 Å². The van der Waals surface area contributed by atoms with Crippen LogP contribution in [0, 0.1) is 6.80 Å². The molecule has 0 fully saturated rings. The van der Waals surface area contributed by atoms with Crippen LogP contribution >= 0.6 is 0 Å². The predicted molar refractivity (Wildman–Crippen MR) is 42.7 cm³/mol. The summed E-state index contributed by atoms with van der Waals surface area (Å²) in [6, 6.07) is 7.78. The Bertz CT molecular complexity index is 331. The van der Waals surface area contributed by atoms with E-state index < -0.39 is 0 Å². The molecule has 0 unspecified atom stereocenters. The van der Waals surface area contributed by atoms with E-state index in [-0.39, 0.29) is 0 Å². The summed E-state index contributed by atoms with van der Waals surface area (Å²) in [4.78, 5) is 0. The maximum absolute atomic E-state index is 12.0. The van der Waals surface area contributed by atoms with E-state index in [1.807, 2.05) is 24.3 Å². The van der Waals surface area contributed by atoms with Crippen LogP contribution in [0.4, 0.5) is 4.39 Å². The number of hydrogen-bond donors (Lipinski definition) is 0. The smallest absolute Gasteiger partial charge is 0.0478 e. The minimum absolute atomic E-state index is 0.542. The monoisotopic (exact) mass is 148 g/mol. The highest BCUT2D eigenvalue weighted by atomic mass is 19.1. The molecule has 0 amide bonds. The molecule has 2 heteroatoms. The molecule has 0 N–H and O–H groups in total. The van der Waals surface area contributed by atoms with Gasteiger partial charge in [0.05, 0.1) is 0 Å². The van der Waals surface area contributed by atoms with Gasteiger partial charge in [0.15, 0.2) is 0 Å². The molecule has 1 nitrogen and oxygen atoms in total. The average molecular weight is 148 g/mol. The van der Waals surface area contributed by atoms with Crippen LogP contribution in [0.1, 0.15) is 0 Å². The fraction of sp³-hybridized carbons (Fsp3) is 0. The van der Waals surface area contributed by atoms with E-state index in [1.165, 1.54) is 4.57 Å². The standard InChI is InChI=1S/C9H7FN/c10-7-11-5-8-3-1-2-4-9(8)6-11/h1-7H/q-1. The first-order chi connectivity index (χ1) is 5.40. The van der Waals surface area contributed by atoms with Crippen LogP contribution in [-0.4, -0.2) is 4.57 Å². The Kier molecular flexibility index (Phi) is 1.32. The molecule has 56 valence electrons. The molecule has 0 saturated carbocycles. The normalized spacial score (nSPS) is 10.3. The van der Waals surface area contributed by atoms with Crippen molar-refractivity contribution in [1.82, 2.24) is 4.57 Å². The van der Waals surface area contributed by atoms with Gasteiger partial charge in [-0.2, -0.15) is 0 Å². The lowest BCUT2D eigenvalue weighted by molar-refractivity contribution is 0.556. The van der Waals surface area contributed by atoms with Crippen molar-refractivity contribution in [1.29, 1.82) is 0 Å². The van der Waals surface area contributed by atoms with Gasteiger partial charge in [-0.3, -0.25) is 4.39 Å². The Morgan fingerprint density at radius 2 is 1.64 bits per heavy atom. The minimum atomic E-state index is 0.542. The number of benzene rings is 1. The van der Waals surface area contributed by atoms with Gasteiger partial charge in [0.2, 0.25) is 0 Å². The highest BCUT2D eigenvalue weighted by Gasteiger charge is 1.86. The van der Waals surface area contributed by atoms with E-state index >= 15 is 0 Å². The van der Waals surface area contributed by atoms with Gasteiger partial charge in [-0.05, 0) is 0 Å². The van der Waals surface area contributed by atoms with Crippen LogP contribution in [-0.2, 0) is 0 Å². The second-order valence-electron chi connectivity index (χ2n) is 2.43. The minimum Gasteiger partial charge on any atom is -0.464 e. The number of aromatic nitrogens is 1. The molecule has 0 radical (unpaired) electrons. The Morgan fingerprint density at radius 3 is 2.09 bits per heavy atom. The number of nitrogens with zero attached hydrogens (tertiary/aromatic N) is 1. The lowest BCUT2D eigenvalue weighted by Gasteiger charge is -1.98. The van der Waals surface area contributed by atoms with Gasteiger partial charge in [0.25, 0.3) is 0 Å². The molecule has 0 atom stereocenters. The number of hydrogen-bond acceptors (Lipinski definition) is 0. The highest BCUT2D eigenvalue weighted by Crippen LogP contribution is 2.14. The van der Waals surface area contributed by atoms with Crippen molar-refractivity contribution in [2.45, 2.75) is 0 Å². The summed E-state index contributed by atoms with van der Waals surface area (Å²) in [7, 11) is 0. The third-order valence-electron chi connectivity index (χ3n) is 1.69. The van der Waals surface area contributed by atoms with Crippen molar-refractivity contribution in [2.75, 3.05) is 0 Å². The van der Waals surface area contributed by atoms with Gasteiger partial charge in [-0.1, -0.05) is 47.4 Å². The summed E-state index contributed by atoms with van der Waals surface area (Å²) in [6.07, 6.45) is 3.49. The molecule has 0 aliphatic rings. The SMILES string of the molecule is F[CH-]n1cc2ccccc2c1. The molecule has 0 aliphatic heterocycles. The number of fused-ring (bicyclic) bond motifs is 1. The second-order valence-corrected chi connectivity index (χ2v) is 2.43. The van der Waals surface area contributed by atoms with Crippen molar-refractivity contribution >= 4 is 10.8 Å². The van der Waals surface area contributed by atoms with E-state index in [0.717, 1.165) is 10.8 Å². The van der Waals surface area contributed by atoms with Gasteiger partial charge in [-0.15, -0.1) is 0 Å². The average Bonchev–Trinajstić information content (AvgIpc) is 2.46. The molecular formula is C9H7FN-. The summed E-state index contributed by atoms with van der Waals surface area (Å²) in [5, 5.41) is 2.11. The lowest BCUT2D eigenvalue weighted by atomic mass is 10.2. The third-order valence-corrected chi connectivity index (χ3v) is 1.69. The highest BCUT2D eigenvalue weighted by molar-refractivity contribution is 5.82. The predicted octanol–water partition coefficient (Wildman–Crippen LogP) is 2.58. The van der Waals surface area contributed by atoms with E-state index in [4.69, 9.17) is 0 Å². The van der Waals surface area contributed by atoms with Crippen molar-refractivity contribution < 1.29 is 4.39 Å². The van der Waals surface area contributed by atoms with Gasteiger partial charge < -0.3 is 4.57 Å². The molecule has 0 aliphatic carbocycles. The van der Waals surface area contributed by atoms with Gasteiger partial charge >= 0.3 is 0 Å². The maximum atomic E-state index is 12.0. The van der Waals surface area contributed by atoms with Gasteiger partial charge in [0.1, 0.15) is 0 Å². The van der Waals surface area contributed by atoms with Crippen LogP contribution in [0.25, 0.3) is 10.8 Å². The van der Waals surface area contributed by atoms with Crippen molar-refractivity contribution in [3.63, 3.8) is 0 Å². The Morgan fingerprint density at radius 1 is 1.09 bits per heavy atom. The van der Waals surface area contributed by atoms with Crippen molar-refractivity contribution in [3.8, 4) is 0 Å². The van der Waals surface area contributed by atoms with Crippen LogP contribution in [0.5, 0.6) is 0 Å². The maximum Gasteiger partial charge on any atom is 0.0478 e. The first-order valence-corrected chi connectivity index (χ1v) is 3.40. The summed E-state index contributed by atoms with van der Waals surface area (Å²) >= 11 is 0. The molecule has 1 aromatic heterocycles. The molecule has 0 bridgehead atoms. The fourth-order valence-electron chi connectivity index (χ4n) is 1.16. The molecule has 0 spiro atoms. The van der Waals surface area contributed by atoms with E-state index in [9.17, 15) is 4.39 Å². The fourth-order valence-corrected chi connectivity index (χ4v) is 1.16. The van der Waals surface area contributed by atoms with Crippen molar-refractivity contribution in [2.24, 2.45) is 0 Å². The summed E-state index contributed by atoms with van der Waals surface area (Å²) < 4.78 is 13.4. The zero-order valence-corrected chi connectivity index (χ0v) is 5.87. The first kappa shape index (κ1) is 6.28. The van der Waals surface area contributed by atoms with E-state index in [0.29, 0.717) is 6.80 Å². The molecule has 1 aromatic carbocycles. The first-order valence-electron chi connectivity index (χ1n) is 3.40. The van der Waals surface area contributed by atoms with E-state index in [1.54, 1.807) is 12.4 Å². The van der Waals surface area contributed by atoms with Crippen LogP contribution in [0.15, 0.2) is 36.7 Å². The third kappa shape index (κ3) is 0.963. The molecule has 0 saturated heterocycles. The number of rotatable bonds is 1. The molecule has 11 heavy (non-hydrogen) atoms. The van der Waals surface area contributed by atoms with Crippen LogP contribution in [0.2, 0.25) is 0 Å². The largest absolute Gasteiger partial charge is 0.464 e. The zero-order valence-electron chi connectivity index (χ0n) is 5.87. The van der Waals surface area contributed by atoms with Crippen molar-refractivity contribution in [3.05, 3.63) is 43.5 Å². The Labute approximate surface area is 64.1 Å². The second kappa shape index (κ2) is 2.31. The van der Waals surface area contributed by atoms with E-state index in [2.05, 4.69) is 0 Å². The zero-order chi connectivity index (χ0) is 7.68. The van der Waals surface area contributed by atoms with Crippen LogP contribution in [0.3, 0.4) is 0 Å². The molecule has 2 aromatic rings. The molecule has 2 rings (SSSR count). The summed E-state index contributed by atoms with van der Waals surface area (Å²) in [5.74, 6) is 0. The van der Waals surface area contributed by atoms with Gasteiger partial charge in [0, 0.05) is 6.80 Å². The topological polar surface area (TPSA) is 4.93 Å². The summed E-state index contributed by atoms with van der Waals surface area (Å²) in [6.45, 7) is 0.542. The van der Waals surface area contributed by atoms with Gasteiger partial charge in [-0.25, -0.2) is 0 Å². The number of halogens is 1. The Hall–Kier alpha value is -1.44.